The molecule has 0 spiro atoms. The summed E-state index contributed by atoms with van der Waals surface area (Å²) in [6.45, 7) is 11.7. The molecular formula is C10H22O. The Morgan fingerprint density at radius 2 is 1.82 bits per heavy atom. The Kier molecular flexibility index (Phi) is 5.57. The lowest BCUT2D eigenvalue weighted by Gasteiger charge is -2.12. The van der Waals surface area contributed by atoms with Crippen molar-refractivity contribution in [2.75, 3.05) is 6.61 Å². The first-order valence-electron chi connectivity index (χ1n) is 4.81. The van der Waals surface area contributed by atoms with Crippen LogP contribution in [0.4, 0.5) is 0 Å². The van der Waals surface area contributed by atoms with Gasteiger partial charge in [0.05, 0.1) is 6.10 Å². The number of rotatable bonds is 1. The zero-order valence-electron chi connectivity index (χ0n) is 8.55. The van der Waals surface area contributed by atoms with Gasteiger partial charge in [0.25, 0.3) is 0 Å². The monoisotopic (exact) mass is 158 g/mol. The maximum absolute atomic E-state index is 5.53. The van der Waals surface area contributed by atoms with Crippen molar-refractivity contribution in [3.05, 3.63) is 0 Å². The first kappa shape index (κ1) is 11.0. The second kappa shape index (κ2) is 5.59. The molecule has 0 aromatic heterocycles. The van der Waals surface area contributed by atoms with Crippen LogP contribution in [0, 0.1) is 11.8 Å². The molecule has 0 N–H and O–H groups in total. The lowest BCUT2D eigenvalue weighted by Crippen LogP contribution is -2.12. The van der Waals surface area contributed by atoms with Crippen molar-refractivity contribution < 1.29 is 4.74 Å². The molecule has 1 fully saturated rings. The van der Waals surface area contributed by atoms with Gasteiger partial charge in [0, 0.05) is 6.61 Å². The molecule has 0 bridgehead atoms. The lowest BCUT2D eigenvalue weighted by molar-refractivity contribution is 0.0736. The summed E-state index contributed by atoms with van der Waals surface area (Å²) in [5, 5.41) is 0. The summed E-state index contributed by atoms with van der Waals surface area (Å²) in [6.07, 6.45) is 1.80. The number of ether oxygens (including phenoxy) is 1. The van der Waals surface area contributed by atoms with Gasteiger partial charge in [0.15, 0.2) is 0 Å². The SMILES string of the molecule is CC.CC(C)[C@H]1C[C@@H](C)CO1. The highest BCUT2D eigenvalue weighted by molar-refractivity contribution is 4.72. The summed E-state index contributed by atoms with van der Waals surface area (Å²) >= 11 is 0. The summed E-state index contributed by atoms with van der Waals surface area (Å²) in [5.41, 5.74) is 0. The van der Waals surface area contributed by atoms with Gasteiger partial charge >= 0.3 is 0 Å². The van der Waals surface area contributed by atoms with Crippen LogP contribution in [0.25, 0.3) is 0 Å². The first-order chi connectivity index (χ1) is 5.20. The van der Waals surface area contributed by atoms with E-state index in [0.29, 0.717) is 12.0 Å². The number of hydrogen-bond acceptors (Lipinski definition) is 1. The van der Waals surface area contributed by atoms with Crippen LogP contribution in [0.5, 0.6) is 0 Å². The molecule has 0 amide bonds. The highest BCUT2D eigenvalue weighted by atomic mass is 16.5. The van der Waals surface area contributed by atoms with E-state index in [1.807, 2.05) is 13.8 Å². The molecule has 68 valence electrons. The molecule has 1 nitrogen and oxygen atoms in total. The fourth-order valence-electron chi connectivity index (χ4n) is 1.29. The molecule has 0 unspecified atom stereocenters. The zero-order chi connectivity index (χ0) is 8.85. The van der Waals surface area contributed by atoms with Crippen molar-refractivity contribution in [1.82, 2.24) is 0 Å². The molecule has 1 rings (SSSR count). The van der Waals surface area contributed by atoms with Crippen molar-refractivity contribution in [2.24, 2.45) is 11.8 Å². The van der Waals surface area contributed by atoms with Crippen LogP contribution in [0.2, 0.25) is 0 Å². The average Bonchev–Trinajstić information content (AvgIpc) is 2.40. The summed E-state index contributed by atoms with van der Waals surface area (Å²) in [5.74, 6) is 1.49. The summed E-state index contributed by atoms with van der Waals surface area (Å²) in [6, 6.07) is 0. The Bertz CT molecular complexity index is 88.9. The Labute approximate surface area is 71.1 Å². The fraction of sp³-hybridized carbons (Fsp3) is 1.00. The van der Waals surface area contributed by atoms with Gasteiger partial charge in [-0.15, -0.1) is 0 Å². The standard InChI is InChI=1S/C8H16O.C2H6/c1-6(2)8-4-7(3)5-9-8;1-2/h6-8H,4-5H2,1-3H3;1-2H3/t7-,8-;/m1./s1. The predicted octanol–water partition coefficient (Wildman–Crippen LogP) is 3.09. The topological polar surface area (TPSA) is 9.23 Å². The maximum Gasteiger partial charge on any atom is 0.0601 e. The third kappa shape index (κ3) is 3.76. The third-order valence-corrected chi connectivity index (χ3v) is 1.97. The Balaban J connectivity index is 0.000000461. The maximum atomic E-state index is 5.53. The van der Waals surface area contributed by atoms with Crippen molar-refractivity contribution in [3.8, 4) is 0 Å². The predicted molar refractivity (Wildman–Crippen MR) is 49.7 cm³/mol. The summed E-state index contributed by atoms with van der Waals surface area (Å²) < 4.78 is 5.53. The van der Waals surface area contributed by atoms with Gasteiger partial charge in [-0.1, -0.05) is 34.6 Å². The van der Waals surface area contributed by atoms with Crippen LogP contribution < -0.4 is 0 Å². The molecule has 0 aromatic rings. The van der Waals surface area contributed by atoms with Crippen LogP contribution >= 0.6 is 0 Å². The summed E-state index contributed by atoms with van der Waals surface area (Å²) in [7, 11) is 0. The van der Waals surface area contributed by atoms with Gasteiger partial charge in [-0.25, -0.2) is 0 Å². The van der Waals surface area contributed by atoms with Crippen molar-refractivity contribution >= 4 is 0 Å². The van der Waals surface area contributed by atoms with Crippen molar-refractivity contribution in [3.63, 3.8) is 0 Å². The van der Waals surface area contributed by atoms with Gasteiger partial charge in [-0.2, -0.15) is 0 Å². The highest BCUT2D eigenvalue weighted by Gasteiger charge is 2.23. The second-order valence-corrected chi connectivity index (χ2v) is 3.46. The first-order valence-corrected chi connectivity index (χ1v) is 4.81. The highest BCUT2D eigenvalue weighted by Crippen LogP contribution is 2.23. The van der Waals surface area contributed by atoms with Crippen LogP contribution in [-0.4, -0.2) is 12.7 Å². The molecule has 0 aromatic carbocycles. The minimum atomic E-state index is 0.542. The lowest BCUT2D eigenvalue weighted by atomic mass is 10.0. The van der Waals surface area contributed by atoms with Gasteiger partial charge in [-0.05, 0) is 18.3 Å². The Morgan fingerprint density at radius 3 is 2.00 bits per heavy atom. The minimum Gasteiger partial charge on any atom is -0.378 e. The molecule has 2 atom stereocenters. The minimum absolute atomic E-state index is 0.542. The molecule has 1 aliphatic rings. The van der Waals surface area contributed by atoms with Gasteiger partial charge in [-0.3, -0.25) is 0 Å². The van der Waals surface area contributed by atoms with E-state index < -0.39 is 0 Å². The van der Waals surface area contributed by atoms with Gasteiger partial charge < -0.3 is 4.74 Å². The van der Waals surface area contributed by atoms with E-state index in [4.69, 9.17) is 4.74 Å². The fourth-order valence-corrected chi connectivity index (χ4v) is 1.29. The van der Waals surface area contributed by atoms with Crippen LogP contribution in [0.1, 0.15) is 41.0 Å². The van der Waals surface area contributed by atoms with E-state index >= 15 is 0 Å². The average molecular weight is 158 g/mol. The Morgan fingerprint density at radius 1 is 1.27 bits per heavy atom. The van der Waals surface area contributed by atoms with Crippen LogP contribution in [0.15, 0.2) is 0 Å². The molecule has 1 heterocycles. The Hall–Kier alpha value is -0.0400. The second-order valence-electron chi connectivity index (χ2n) is 3.46. The van der Waals surface area contributed by atoms with E-state index in [2.05, 4.69) is 20.8 Å². The molecule has 0 saturated carbocycles. The van der Waals surface area contributed by atoms with E-state index in [9.17, 15) is 0 Å². The molecule has 0 aliphatic carbocycles. The van der Waals surface area contributed by atoms with E-state index in [1.54, 1.807) is 0 Å². The van der Waals surface area contributed by atoms with E-state index in [0.717, 1.165) is 12.5 Å². The molecule has 11 heavy (non-hydrogen) atoms. The zero-order valence-corrected chi connectivity index (χ0v) is 8.55. The van der Waals surface area contributed by atoms with E-state index in [1.165, 1.54) is 6.42 Å². The van der Waals surface area contributed by atoms with Crippen LogP contribution in [0.3, 0.4) is 0 Å². The largest absolute Gasteiger partial charge is 0.378 e. The van der Waals surface area contributed by atoms with Crippen molar-refractivity contribution in [2.45, 2.75) is 47.1 Å². The molecular weight excluding hydrogens is 136 g/mol. The molecule has 1 saturated heterocycles. The number of hydrogen-bond donors (Lipinski definition) is 0. The van der Waals surface area contributed by atoms with Crippen molar-refractivity contribution in [1.29, 1.82) is 0 Å². The summed E-state index contributed by atoms with van der Waals surface area (Å²) in [4.78, 5) is 0. The normalized spacial score (nSPS) is 30.0. The van der Waals surface area contributed by atoms with Crippen LogP contribution in [-0.2, 0) is 4.74 Å². The van der Waals surface area contributed by atoms with Gasteiger partial charge in [0.1, 0.15) is 0 Å². The third-order valence-electron chi connectivity index (χ3n) is 1.97. The quantitative estimate of drug-likeness (QED) is 0.570. The smallest absolute Gasteiger partial charge is 0.0601 e. The molecule has 1 aliphatic heterocycles. The molecule has 1 heteroatoms. The van der Waals surface area contributed by atoms with Gasteiger partial charge in [0.2, 0.25) is 0 Å². The van der Waals surface area contributed by atoms with E-state index in [-0.39, 0.29) is 0 Å². The molecule has 0 radical (unpaired) electrons.